The molecule has 37 heavy (non-hydrogen) atoms. The molecule has 0 radical (unpaired) electrons. The fraction of sp³-hybridized carbons (Fsp3) is 0.333. The van der Waals surface area contributed by atoms with Crippen LogP contribution in [-0.2, 0) is 4.74 Å². The van der Waals surface area contributed by atoms with Gasteiger partial charge in [0.15, 0.2) is 0 Å². The molecule has 0 aromatic heterocycles. The summed E-state index contributed by atoms with van der Waals surface area (Å²) in [4.78, 5) is 30.5. The number of ether oxygens (including phenoxy) is 1. The van der Waals surface area contributed by atoms with E-state index in [0.29, 0.717) is 36.4 Å². The van der Waals surface area contributed by atoms with Crippen LogP contribution in [0.2, 0.25) is 0 Å². The molecule has 3 aromatic carbocycles. The van der Waals surface area contributed by atoms with E-state index in [-0.39, 0.29) is 18.0 Å². The average molecular weight is 504 g/mol. The van der Waals surface area contributed by atoms with Gasteiger partial charge in [0.05, 0.1) is 11.7 Å². The van der Waals surface area contributed by atoms with E-state index in [1.807, 2.05) is 68.1 Å². The third-order valence-corrected chi connectivity index (χ3v) is 6.60. The predicted molar refractivity (Wildman–Crippen MR) is 146 cm³/mol. The molecule has 0 saturated carbocycles. The standard InChI is InChI=1S/C30H34FN3O3/c1-30(2,3)37-29(36)33(5)25-17-18-34(20-25)27-16-15-24(19-26(27)31)32(4)28(35)23-13-11-22(12-14-23)21-9-7-6-8-10-21/h6-16,19,25H,17-18,20H2,1-5H3. The van der Waals surface area contributed by atoms with Crippen molar-refractivity contribution < 1.29 is 18.7 Å². The van der Waals surface area contributed by atoms with Gasteiger partial charge in [-0.3, -0.25) is 4.79 Å². The Labute approximate surface area is 218 Å². The smallest absolute Gasteiger partial charge is 0.410 e. The molecule has 194 valence electrons. The maximum Gasteiger partial charge on any atom is 0.410 e. The van der Waals surface area contributed by atoms with E-state index in [0.717, 1.165) is 11.1 Å². The minimum absolute atomic E-state index is 0.0722. The van der Waals surface area contributed by atoms with E-state index >= 15 is 4.39 Å². The van der Waals surface area contributed by atoms with Gasteiger partial charge in [-0.15, -0.1) is 0 Å². The van der Waals surface area contributed by atoms with Crippen LogP contribution < -0.4 is 9.80 Å². The molecule has 1 aliphatic heterocycles. The Balaban J connectivity index is 1.42. The summed E-state index contributed by atoms with van der Waals surface area (Å²) in [6.07, 6.45) is 0.334. The molecule has 4 rings (SSSR count). The van der Waals surface area contributed by atoms with Crippen LogP contribution in [-0.4, -0.2) is 55.7 Å². The molecule has 1 atom stereocenters. The minimum atomic E-state index is -0.570. The molecule has 2 amide bonds. The molecule has 0 aliphatic carbocycles. The molecular formula is C30H34FN3O3. The number of rotatable bonds is 5. The van der Waals surface area contributed by atoms with Gasteiger partial charge in [-0.05, 0) is 68.7 Å². The normalized spacial score (nSPS) is 15.4. The van der Waals surface area contributed by atoms with Gasteiger partial charge in [0.1, 0.15) is 11.4 Å². The molecular weight excluding hydrogens is 469 g/mol. The number of carbonyl (C=O) groups is 2. The summed E-state index contributed by atoms with van der Waals surface area (Å²) in [6.45, 7) is 6.62. The lowest BCUT2D eigenvalue weighted by atomic mass is 10.0. The monoisotopic (exact) mass is 503 g/mol. The van der Waals surface area contributed by atoms with E-state index in [4.69, 9.17) is 4.74 Å². The van der Waals surface area contributed by atoms with Crippen LogP contribution in [0.3, 0.4) is 0 Å². The van der Waals surface area contributed by atoms with Crippen LogP contribution in [0.5, 0.6) is 0 Å². The molecule has 0 N–H and O–H groups in total. The van der Waals surface area contributed by atoms with Crippen molar-refractivity contribution in [1.82, 2.24) is 4.90 Å². The molecule has 1 unspecified atom stereocenters. The Morgan fingerprint density at radius 1 is 0.946 bits per heavy atom. The van der Waals surface area contributed by atoms with E-state index in [2.05, 4.69) is 0 Å². The number of amides is 2. The van der Waals surface area contributed by atoms with E-state index < -0.39 is 11.4 Å². The number of halogens is 1. The number of hydrogen-bond donors (Lipinski definition) is 0. The molecule has 1 fully saturated rings. The van der Waals surface area contributed by atoms with Crippen molar-refractivity contribution in [3.8, 4) is 11.1 Å². The molecule has 6 nitrogen and oxygen atoms in total. The summed E-state index contributed by atoms with van der Waals surface area (Å²) in [7, 11) is 3.36. The van der Waals surface area contributed by atoms with Crippen molar-refractivity contribution in [3.63, 3.8) is 0 Å². The number of carbonyl (C=O) groups excluding carboxylic acids is 2. The molecule has 1 heterocycles. The second-order valence-corrected chi connectivity index (χ2v) is 10.4. The molecule has 1 saturated heterocycles. The fourth-order valence-electron chi connectivity index (χ4n) is 4.47. The second kappa shape index (κ2) is 10.6. The zero-order valence-corrected chi connectivity index (χ0v) is 22.1. The first-order valence-electron chi connectivity index (χ1n) is 12.5. The van der Waals surface area contributed by atoms with Gasteiger partial charge >= 0.3 is 6.09 Å². The second-order valence-electron chi connectivity index (χ2n) is 10.4. The van der Waals surface area contributed by atoms with Gasteiger partial charge in [-0.25, -0.2) is 9.18 Å². The van der Waals surface area contributed by atoms with Crippen molar-refractivity contribution >= 4 is 23.4 Å². The highest BCUT2D eigenvalue weighted by atomic mass is 19.1. The van der Waals surface area contributed by atoms with Crippen LogP contribution in [0.25, 0.3) is 11.1 Å². The van der Waals surface area contributed by atoms with Crippen LogP contribution >= 0.6 is 0 Å². The Morgan fingerprint density at radius 3 is 2.22 bits per heavy atom. The summed E-state index contributed by atoms with van der Waals surface area (Å²) in [5.41, 5.74) is 2.99. The van der Waals surface area contributed by atoms with E-state index in [1.54, 1.807) is 43.3 Å². The van der Waals surface area contributed by atoms with Gasteiger partial charge in [0, 0.05) is 38.4 Å². The highest BCUT2D eigenvalue weighted by molar-refractivity contribution is 6.06. The van der Waals surface area contributed by atoms with Crippen LogP contribution in [0.15, 0.2) is 72.8 Å². The first-order valence-corrected chi connectivity index (χ1v) is 12.5. The maximum atomic E-state index is 15.2. The highest BCUT2D eigenvalue weighted by Gasteiger charge is 2.32. The lowest BCUT2D eigenvalue weighted by molar-refractivity contribution is 0.0237. The number of benzene rings is 3. The van der Waals surface area contributed by atoms with Gasteiger partial charge in [0.2, 0.25) is 0 Å². The maximum absolute atomic E-state index is 15.2. The first-order chi connectivity index (χ1) is 17.5. The molecule has 3 aromatic rings. The first kappa shape index (κ1) is 26.2. The predicted octanol–water partition coefficient (Wildman–Crippen LogP) is 6.21. The number of nitrogens with zero attached hydrogens (tertiary/aromatic N) is 3. The lowest BCUT2D eigenvalue weighted by Crippen LogP contribution is -2.42. The fourth-order valence-corrected chi connectivity index (χ4v) is 4.47. The third-order valence-electron chi connectivity index (χ3n) is 6.60. The van der Waals surface area contributed by atoms with Gasteiger partial charge < -0.3 is 19.4 Å². The molecule has 1 aliphatic rings. The van der Waals surface area contributed by atoms with Crippen LogP contribution in [0, 0.1) is 5.82 Å². The lowest BCUT2D eigenvalue weighted by Gasteiger charge is -2.29. The minimum Gasteiger partial charge on any atom is -0.444 e. The molecule has 0 spiro atoms. The summed E-state index contributed by atoms with van der Waals surface area (Å²) in [5, 5.41) is 0. The quantitative estimate of drug-likeness (QED) is 0.415. The SMILES string of the molecule is CN(C(=O)c1ccc(-c2ccccc2)cc1)c1ccc(N2CCC(N(C)C(=O)OC(C)(C)C)C2)c(F)c1. The Morgan fingerprint density at radius 2 is 1.59 bits per heavy atom. The zero-order valence-electron chi connectivity index (χ0n) is 22.1. The Hall–Kier alpha value is -3.87. The van der Waals surface area contributed by atoms with E-state index in [1.165, 1.54) is 11.0 Å². The van der Waals surface area contributed by atoms with Crippen molar-refractivity contribution in [1.29, 1.82) is 0 Å². The molecule has 7 heteroatoms. The highest BCUT2D eigenvalue weighted by Crippen LogP contribution is 2.30. The van der Waals surface area contributed by atoms with Crippen LogP contribution in [0.1, 0.15) is 37.6 Å². The summed E-state index contributed by atoms with van der Waals surface area (Å²) in [5.74, 6) is -0.621. The number of likely N-dealkylation sites (N-methyl/N-ethyl adjacent to an activating group) is 1. The summed E-state index contributed by atoms with van der Waals surface area (Å²) < 4.78 is 20.7. The summed E-state index contributed by atoms with van der Waals surface area (Å²) in [6, 6.07) is 22.1. The average Bonchev–Trinajstić information content (AvgIpc) is 3.37. The number of anilines is 2. The molecule has 0 bridgehead atoms. The van der Waals surface area contributed by atoms with Crippen molar-refractivity contribution in [2.45, 2.75) is 38.8 Å². The third kappa shape index (κ3) is 6.10. The van der Waals surface area contributed by atoms with Crippen LogP contribution in [0.4, 0.5) is 20.6 Å². The summed E-state index contributed by atoms with van der Waals surface area (Å²) >= 11 is 0. The van der Waals surface area contributed by atoms with Gasteiger partial charge in [-0.1, -0.05) is 42.5 Å². The topological polar surface area (TPSA) is 53.1 Å². The van der Waals surface area contributed by atoms with E-state index in [9.17, 15) is 9.59 Å². The van der Waals surface area contributed by atoms with Gasteiger partial charge in [-0.2, -0.15) is 0 Å². The zero-order chi connectivity index (χ0) is 26.7. The largest absolute Gasteiger partial charge is 0.444 e. The Kier molecular flexibility index (Phi) is 7.52. The number of hydrogen-bond acceptors (Lipinski definition) is 4. The van der Waals surface area contributed by atoms with Gasteiger partial charge in [0.25, 0.3) is 5.91 Å². The van der Waals surface area contributed by atoms with Crippen molar-refractivity contribution in [2.24, 2.45) is 0 Å². The Bertz CT molecular complexity index is 1260. The van der Waals surface area contributed by atoms with Crippen molar-refractivity contribution in [3.05, 3.63) is 84.2 Å². The van der Waals surface area contributed by atoms with Crippen molar-refractivity contribution in [2.75, 3.05) is 37.0 Å².